The fourth-order valence-electron chi connectivity index (χ4n) is 1.86. The minimum Gasteiger partial charge on any atom is -0.377 e. The smallest absolute Gasteiger partial charge is 0.123 e. The molecule has 90 valence electrons. The lowest BCUT2D eigenvalue weighted by Gasteiger charge is -2.23. The van der Waals surface area contributed by atoms with Gasteiger partial charge in [0.05, 0.1) is 12.1 Å². The Kier molecular flexibility index (Phi) is 4.90. The van der Waals surface area contributed by atoms with Gasteiger partial charge in [-0.2, -0.15) is 0 Å². The van der Waals surface area contributed by atoms with Gasteiger partial charge >= 0.3 is 0 Å². The molecule has 2 unspecified atom stereocenters. The Morgan fingerprint density at radius 3 is 2.50 bits per heavy atom. The van der Waals surface area contributed by atoms with E-state index in [1.807, 2.05) is 26.8 Å². The lowest BCUT2D eigenvalue weighted by Crippen LogP contribution is -2.28. The molecular formula is C13H20FNO. The highest BCUT2D eigenvalue weighted by molar-refractivity contribution is 5.26. The first-order valence-corrected chi connectivity index (χ1v) is 5.72. The molecule has 0 aromatic heterocycles. The summed E-state index contributed by atoms with van der Waals surface area (Å²) < 4.78 is 18.8. The predicted octanol–water partition coefficient (Wildman–Crippen LogP) is 2.95. The third-order valence-electron chi connectivity index (χ3n) is 2.63. The first-order chi connectivity index (χ1) is 7.58. The van der Waals surface area contributed by atoms with Crippen molar-refractivity contribution in [3.05, 3.63) is 35.1 Å². The molecule has 0 bridgehead atoms. The van der Waals surface area contributed by atoms with Crippen molar-refractivity contribution in [1.82, 2.24) is 0 Å². The molecule has 0 aliphatic rings. The summed E-state index contributed by atoms with van der Waals surface area (Å²) in [4.78, 5) is 0. The molecule has 0 aliphatic heterocycles. The van der Waals surface area contributed by atoms with E-state index in [4.69, 9.17) is 10.5 Å². The van der Waals surface area contributed by atoms with E-state index in [9.17, 15) is 4.39 Å². The Morgan fingerprint density at radius 1 is 1.31 bits per heavy atom. The van der Waals surface area contributed by atoms with Gasteiger partial charge in [0.2, 0.25) is 0 Å². The van der Waals surface area contributed by atoms with Crippen molar-refractivity contribution in [3.8, 4) is 0 Å². The minimum atomic E-state index is -0.264. The summed E-state index contributed by atoms with van der Waals surface area (Å²) in [6, 6.07) is 4.63. The Bertz CT molecular complexity index is 320. The summed E-state index contributed by atoms with van der Waals surface area (Å²) in [5.41, 5.74) is 7.77. The lowest BCUT2D eigenvalue weighted by atomic mass is 9.98. The molecule has 0 spiro atoms. The topological polar surface area (TPSA) is 35.2 Å². The first-order valence-electron chi connectivity index (χ1n) is 5.72. The summed E-state index contributed by atoms with van der Waals surface area (Å²) >= 11 is 0. The van der Waals surface area contributed by atoms with Crippen molar-refractivity contribution in [3.63, 3.8) is 0 Å². The number of aryl methyl sites for hydroxylation is 1. The zero-order valence-corrected chi connectivity index (χ0v) is 10.2. The second kappa shape index (κ2) is 5.97. The number of nitrogens with two attached hydrogens (primary N) is 1. The monoisotopic (exact) mass is 225 g/mol. The molecule has 1 aromatic rings. The van der Waals surface area contributed by atoms with Crippen molar-refractivity contribution >= 4 is 0 Å². The van der Waals surface area contributed by atoms with Crippen LogP contribution in [0.2, 0.25) is 0 Å². The second-order valence-electron chi connectivity index (χ2n) is 3.99. The molecule has 0 fully saturated rings. The Balaban J connectivity index is 2.89. The third-order valence-corrected chi connectivity index (χ3v) is 2.63. The van der Waals surface area contributed by atoms with Gasteiger partial charge in [0, 0.05) is 6.61 Å². The van der Waals surface area contributed by atoms with Gasteiger partial charge in [-0.1, -0.05) is 13.0 Å². The van der Waals surface area contributed by atoms with Gasteiger partial charge in [-0.3, -0.25) is 0 Å². The average molecular weight is 225 g/mol. The molecule has 3 heteroatoms. The lowest BCUT2D eigenvalue weighted by molar-refractivity contribution is 0.0413. The molecule has 16 heavy (non-hydrogen) atoms. The Labute approximate surface area is 96.6 Å². The van der Waals surface area contributed by atoms with Gasteiger partial charge in [0.15, 0.2) is 0 Å². The molecule has 2 atom stereocenters. The third kappa shape index (κ3) is 3.29. The van der Waals surface area contributed by atoms with Crippen LogP contribution in [0.15, 0.2) is 18.2 Å². The average Bonchev–Trinajstić information content (AvgIpc) is 2.23. The van der Waals surface area contributed by atoms with Crippen molar-refractivity contribution in [2.45, 2.75) is 39.3 Å². The van der Waals surface area contributed by atoms with Crippen LogP contribution in [0.5, 0.6) is 0 Å². The van der Waals surface area contributed by atoms with Gasteiger partial charge in [-0.15, -0.1) is 0 Å². The normalized spacial score (nSPS) is 14.8. The first kappa shape index (κ1) is 13.1. The van der Waals surface area contributed by atoms with Crippen LogP contribution in [0.25, 0.3) is 0 Å². The van der Waals surface area contributed by atoms with Gasteiger partial charge in [0.1, 0.15) is 5.82 Å². The van der Waals surface area contributed by atoms with E-state index >= 15 is 0 Å². The molecule has 0 heterocycles. The zero-order chi connectivity index (χ0) is 12.1. The van der Waals surface area contributed by atoms with Crippen LogP contribution >= 0.6 is 0 Å². The molecule has 1 aromatic carbocycles. The highest BCUT2D eigenvalue weighted by Gasteiger charge is 2.18. The summed E-state index contributed by atoms with van der Waals surface area (Å²) in [6.07, 6.45) is 0.774. The Morgan fingerprint density at radius 2 is 2.00 bits per heavy atom. The second-order valence-corrected chi connectivity index (χ2v) is 3.99. The van der Waals surface area contributed by atoms with E-state index in [1.54, 1.807) is 0 Å². The largest absolute Gasteiger partial charge is 0.377 e. The van der Waals surface area contributed by atoms with Gasteiger partial charge < -0.3 is 10.5 Å². The fraction of sp³-hybridized carbons (Fsp3) is 0.538. The van der Waals surface area contributed by atoms with Gasteiger partial charge in [-0.05, 0) is 43.5 Å². The highest BCUT2D eigenvalue weighted by atomic mass is 19.1. The number of halogens is 1. The summed E-state index contributed by atoms with van der Waals surface area (Å²) in [5, 5.41) is 0. The van der Waals surface area contributed by atoms with Crippen molar-refractivity contribution in [2.24, 2.45) is 5.73 Å². The van der Waals surface area contributed by atoms with E-state index < -0.39 is 0 Å². The van der Waals surface area contributed by atoms with E-state index in [0.29, 0.717) is 6.61 Å². The molecule has 2 N–H and O–H groups in total. The van der Waals surface area contributed by atoms with Crippen LogP contribution in [-0.4, -0.2) is 12.7 Å². The van der Waals surface area contributed by atoms with E-state index in [-0.39, 0.29) is 18.0 Å². The molecule has 0 saturated carbocycles. The van der Waals surface area contributed by atoms with Crippen molar-refractivity contribution in [1.29, 1.82) is 0 Å². The number of rotatable bonds is 5. The minimum absolute atomic E-state index is 0.0498. The predicted molar refractivity (Wildman–Crippen MR) is 63.8 cm³/mol. The van der Waals surface area contributed by atoms with E-state index in [0.717, 1.165) is 17.5 Å². The standard InChI is InChI=1S/C13H20FNO/c1-4-12(16-5-2)13(15)10-6-9(3)7-11(14)8-10/h6-8,12-13H,4-5,15H2,1-3H3. The Hall–Kier alpha value is -0.930. The molecule has 0 radical (unpaired) electrons. The maximum absolute atomic E-state index is 13.2. The molecule has 0 amide bonds. The molecular weight excluding hydrogens is 205 g/mol. The zero-order valence-electron chi connectivity index (χ0n) is 10.2. The van der Waals surface area contributed by atoms with Crippen LogP contribution in [0.3, 0.4) is 0 Å². The number of benzene rings is 1. The number of ether oxygens (including phenoxy) is 1. The summed E-state index contributed by atoms with van der Waals surface area (Å²) in [6.45, 7) is 6.44. The van der Waals surface area contributed by atoms with Crippen LogP contribution in [0.1, 0.15) is 37.4 Å². The number of hydrogen-bond donors (Lipinski definition) is 1. The van der Waals surface area contributed by atoms with Crippen LogP contribution < -0.4 is 5.73 Å². The maximum Gasteiger partial charge on any atom is 0.123 e. The summed E-state index contributed by atoms with van der Waals surface area (Å²) in [7, 11) is 0. The van der Waals surface area contributed by atoms with E-state index in [1.165, 1.54) is 12.1 Å². The molecule has 1 rings (SSSR count). The van der Waals surface area contributed by atoms with Crippen LogP contribution in [0, 0.1) is 12.7 Å². The van der Waals surface area contributed by atoms with Crippen molar-refractivity contribution < 1.29 is 9.13 Å². The molecule has 2 nitrogen and oxygen atoms in total. The summed E-state index contributed by atoms with van der Waals surface area (Å²) in [5.74, 6) is -0.239. The van der Waals surface area contributed by atoms with Crippen molar-refractivity contribution in [2.75, 3.05) is 6.61 Å². The van der Waals surface area contributed by atoms with Crippen LogP contribution in [-0.2, 0) is 4.74 Å². The quantitative estimate of drug-likeness (QED) is 0.836. The highest BCUT2D eigenvalue weighted by Crippen LogP contribution is 2.21. The van der Waals surface area contributed by atoms with Crippen LogP contribution in [0.4, 0.5) is 4.39 Å². The fourth-order valence-corrected chi connectivity index (χ4v) is 1.86. The van der Waals surface area contributed by atoms with E-state index in [2.05, 4.69) is 0 Å². The molecule has 0 aliphatic carbocycles. The van der Waals surface area contributed by atoms with Gasteiger partial charge in [-0.25, -0.2) is 4.39 Å². The van der Waals surface area contributed by atoms with Gasteiger partial charge in [0.25, 0.3) is 0 Å². The molecule has 0 saturated heterocycles. The maximum atomic E-state index is 13.2. The SMILES string of the molecule is CCOC(CC)C(N)c1cc(C)cc(F)c1. The number of hydrogen-bond acceptors (Lipinski definition) is 2.